The number of hydrogen-bond donors (Lipinski definition) is 1. The van der Waals surface area contributed by atoms with Crippen molar-refractivity contribution in [3.63, 3.8) is 0 Å². The molecule has 0 spiro atoms. The van der Waals surface area contributed by atoms with Gasteiger partial charge in [0, 0.05) is 11.9 Å². The molecule has 3 aromatic rings. The van der Waals surface area contributed by atoms with Crippen molar-refractivity contribution in [2.75, 3.05) is 20.1 Å². The third kappa shape index (κ3) is 2.19. The number of alkyl halides is 2. The summed E-state index contributed by atoms with van der Waals surface area (Å²) in [6.45, 7) is 2.09. The zero-order chi connectivity index (χ0) is 17.1. The van der Waals surface area contributed by atoms with Crippen LogP contribution < -0.4 is 5.73 Å². The fourth-order valence-electron chi connectivity index (χ4n) is 3.65. The highest BCUT2D eigenvalue weighted by atomic mass is 19.3. The number of likely N-dealkylation sites (tertiary alicyclic amines) is 1. The van der Waals surface area contributed by atoms with Gasteiger partial charge in [-0.25, -0.2) is 13.8 Å². The third-order valence-corrected chi connectivity index (χ3v) is 4.69. The molecular weight excluding hydrogens is 312 g/mol. The summed E-state index contributed by atoms with van der Waals surface area (Å²) >= 11 is 0. The first kappa shape index (κ1) is 15.4. The normalized spacial score (nSPS) is 21.1. The molecule has 1 atom stereocenters. The molecule has 24 heavy (non-hydrogen) atoms. The Labute approximate surface area is 138 Å². The zero-order valence-corrected chi connectivity index (χ0v) is 13.6. The van der Waals surface area contributed by atoms with Crippen LogP contribution in [0.5, 0.6) is 0 Å². The molecule has 2 N–H and O–H groups in total. The van der Waals surface area contributed by atoms with E-state index >= 15 is 0 Å². The van der Waals surface area contributed by atoms with E-state index in [2.05, 4.69) is 9.97 Å². The number of nitrogens with two attached hydrogens (primary N) is 1. The molecule has 1 saturated heterocycles. The van der Waals surface area contributed by atoms with Gasteiger partial charge in [0.2, 0.25) is 0 Å². The van der Waals surface area contributed by atoms with Crippen molar-refractivity contribution in [1.29, 1.82) is 0 Å². The van der Waals surface area contributed by atoms with E-state index in [0.29, 0.717) is 16.9 Å². The number of halogens is 2. The molecule has 0 radical (unpaired) electrons. The molecule has 3 heterocycles. The van der Waals surface area contributed by atoms with Gasteiger partial charge in [-0.2, -0.15) is 0 Å². The molecule has 0 amide bonds. The number of aromatic nitrogens is 3. The number of fused-ring (bicyclic) bond motifs is 3. The summed E-state index contributed by atoms with van der Waals surface area (Å²) in [5.74, 6) is -2.35. The Kier molecular flexibility index (Phi) is 3.33. The lowest BCUT2D eigenvalue weighted by molar-refractivity contribution is -0.0201. The number of likely N-dealkylation sites (N-methyl/N-ethyl adjacent to an activating group) is 1. The second-order valence-electron chi connectivity index (χ2n) is 6.59. The first-order valence-electron chi connectivity index (χ1n) is 7.93. The maximum Gasteiger partial charge on any atom is 0.282 e. The first-order valence-corrected chi connectivity index (χ1v) is 7.93. The fourth-order valence-corrected chi connectivity index (χ4v) is 3.65. The largest absolute Gasteiger partial charge is 0.324 e. The molecule has 0 bridgehead atoms. The number of pyridine rings is 1. The second-order valence-corrected chi connectivity index (χ2v) is 6.59. The molecule has 1 aliphatic heterocycles. The van der Waals surface area contributed by atoms with Crippen molar-refractivity contribution in [3.8, 4) is 0 Å². The minimum atomic E-state index is -2.83. The van der Waals surface area contributed by atoms with Crippen LogP contribution in [0.25, 0.3) is 21.9 Å². The standard InChI is InChI=1S/C17H19F2N5/c1-10-3-4-12-11(5-10)16-13(7-21-12)22-15(6-20)24(16)14-8-23(2)9-17(14,18)19/h3-5,7,14H,6,8-9,20H2,1-2H3. The lowest BCUT2D eigenvalue weighted by Gasteiger charge is -2.22. The van der Waals surface area contributed by atoms with E-state index in [1.165, 1.54) is 0 Å². The van der Waals surface area contributed by atoms with E-state index in [1.54, 1.807) is 22.7 Å². The minimum absolute atomic E-state index is 0.109. The van der Waals surface area contributed by atoms with Crippen molar-refractivity contribution >= 4 is 21.9 Å². The highest BCUT2D eigenvalue weighted by Gasteiger charge is 2.49. The Morgan fingerprint density at radius 3 is 2.79 bits per heavy atom. The number of hydrogen-bond acceptors (Lipinski definition) is 4. The molecule has 1 unspecified atom stereocenters. The van der Waals surface area contributed by atoms with E-state index in [0.717, 1.165) is 16.5 Å². The molecule has 126 valence electrons. The van der Waals surface area contributed by atoms with Crippen molar-refractivity contribution in [2.45, 2.75) is 25.4 Å². The summed E-state index contributed by atoms with van der Waals surface area (Å²) in [4.78, 5) is 10.5. The zero-order valence-electron chi connectivity index (χ0n) is 13.6. The number of benzene rings is 1. The maximum absolute atomic E-state index is 14.6. The summed E-state index contributed by atoms with van der Waals surface area (Å²) in [6, 6.07) is 4.86. The Bertz CT molecular complexity index is 934. The van der Waals surface area contributed by atoms with Gasteiger partial charge in [-0.1, -0.05) is 11.6 Å². The fraction of sp³-hybridized carbons (Fsp3) is 0.412. The average molecular weight is 331 g/mol. The van der Waals surface area contributed by atoms with Gasteiger partial charge >= 0.3 is 0 Å². The Hall–Kier alpha value is -2.12. The van der Waals surface area contributed by atoms with Crippen LogP contribution >= 0.6 is 0 Å². The van der Waals surface area contributed by atoms with Crippen molar-refractivity contribution in [1.82, 2.24) is 19.4 Å². The highest BCUT2D eigenvalue weighted by molar-refractivity contribution is 6.02. The van der Waals surface area contributed by atoms with Crippen molar-refractivity contribution in [2.24, 2.45) is 5.73 Å². The molecule has 4 rings (SSSR count). The quantitative estimate of drug-likeness (QED) is 0.784. The number of nitrogens with zero attached hydrogens (tertiary/aromatic N) is 4. The molecule has 1 aliphatic rings. The van der Waals surface area contributed by atoms with Gasteiger partial charge in [0.15, 0.2) is 0 Å². The molecular formula is C17H19F2N5. The van der Waals surface area contributed by atoms with Crippen LogP contribution in [0.1, 0.15) is 17.4 Å². The van der Waals surface area contributed by atoms with Gasteiger partial charge in [0.05, 0.1) is 30.3 Å². The second kappa shape index (κ2) is 5.19. The summed E-state index contributed by atoms with van der Waals surface area (Å²) in [5.41, 5.74) is 8.95. The summed E-state index contributed by atoms with van der Waals surface area (Å²) < 4.78 is 30.8. The average Bonchev–Trinajstić information content (AvgIpc) is 3.02. The summed E-state index contributed by atoms with van der Waals surface area (Å²) in [7, 11) is 1.71. The van der Waals surface area contributed by atoms with Gasteiger partial charge in [-0.15, -0.1) is 0 Å². The molecule has 1 fully saturated rings. The van der Waals surface area contributed by atoms with Gasteiger partial charge in [-0.05, 0) is 26.1 Å². The number of imidazole rings is 1. The molecule has 1 aromatic carbocycles. The molecule has 5 nitrogen and oxygen atoms in total. The van der Waals surface area contributed by atoms with E-state index in [-0.39, 0.29) is 19.6 Å². The lowest BCUT2D eigenvalue weighted by Crippen LogP contribution is -2.31. The van der Waals surface area contributed by atoms with Crippen molar-refractivity contribution in [3.05, 3.63) is 35.8 Å². The predicted octanol–water partition coefficient (Wildman–Crippen LogP) is 2.47. The highest BCUT2D eigenvalue weighted by Crippen LogP contribution is 2.40. The molecule has 0 aliphatic carbocycles. The van der Waals surface area contributed by atoms with E-state index in [9.17, 15) is 8.78 Å². The van der Waals surface area contributed by atoms with Crippen molar-refractivity contribution < 1.29 is 8.78 Å². The van der Waals surface area contributed by atoms with Gasteiger partial charge in [0.1, 0.15) is 17.4 Å². The van der Waals surface area contributed by atoms with Crippen LogP contribution in [0.3, 0.4) is 0 Å². The van der Waals surface area contributed by atoms with Crippen LogP contribution in [0.4, 0.5) is 8.78 Å². The topological polar surface area (TPSA) is 60.0 Å². The van der Waals surface area contributed by atoms with Gasteiger partial charge in [-0.3, -0.25) is 9.88 Å². The van der Waals surface area contributed by atoms with Crippen LogP contribution in [0.2, 0.25) is 0 Å². The summed E-state index contributed by atoms with van der Waals surface area (Å²) in [6.07, 6.45) is 1.64. The van der Waals surface area contributed by atoms with E-state index in [4.69, 9.17) is 5.73 Å². The van der Waals surface area contributed by atoms with E-state index in [1.807, 2.05) is 25.1 Å². The Morgan fingerprint density at radius 1 is 1.33 bits per heavy atom. The third-order valence-electron chi connectivity index (χ3n) is 4.69. The first-order chi connectivity index (χ1) is 11.4. The monoisotopic (exact) mass is 331 g/mol. The Morgan fingerprint density at radius 2 is 2.12 bits per heavy atom. The van der Waals surface area contributed by atoms with Crippen LogP contribution in [-0.2, 0) is 6.54 Å². The van der Waals surface area contributed by atoms with Gasteiger partial charge < -0.3 is 10.3 Å². The molecule has 7 heteroatoms. The maximum atomic E-state index is 14.6. The smallest absolute Gasteiger partial charge is 0.282 e. The molecule has 0 saturated carbocycles. The van der Waals surface area contributed by atoms with Crippen LogP contribution in [0, 0.1) is 6.92 Å². The SMILES string of the molecule is Cc1ccc2ncc3nc(CN)n(C4CN(C)CC4(F)F)c3c2c1. The van der Waals surface area contributed by atoms with E-state index < -0.39 is 12.0 Å². The number of aryl methyl sites for hydroxylation is 1. The van der Waals surface area contributed by atoms with Crippen LogP contribution in [-0.4, -0.2) is 45.5 Å². The molecule has 2 aromatic heterocycles. The minimum Gasteiger partial charge on any atom is -0.324 e. The summed E-state index contributed by atoms with van der Waals surface area (Å²) in [5, 5.41) is 0.838. The predicted molar refractivity (Wildman–Crippen MR) is 89.1 cm³/mol. The van der Waals surface area contributed by atoms with Crippen LogP contribution in [0.15, 0.2) is 24.4 Å². The Balaban J connectivity index is 2.08. The van der Waals surface area contributed by atoms with Gasteiger partial charge in [0.25, 0.3) is 5.92 Å². The lowest BCUT2D eigenvalue weighted by atomic mass is 10.1. The number of rotatable bonds is 2.